The Morgan fingerprint density at radius 3 is 1.47 bits per heavy atom. The quantitative estimate of drug-likeness (QED) is 0.207. The van der Waals surface area contributed by atoms with Crippen molar-refractivity contribution in [2.24, 2.45) is 0 Å². The topological polar surface area (TPSA) is 151 Å². The van der Waals surface area contributed by atoms with E-state index in [1.54, 1.807) is 0 Å². The molecule has 0 aromatic heterocycles. The zero-order valence-corrected chi connectivity index (χ0v) is 9.88. The minimum Gasteiger partial charge on any atom is -0.438 e. The zero-order valence-electron chi connectivity index (χ0n) is 9.88. The maximum Gasteiger partial charge on any atom is 0.317 e. The van der Waals surface area contributed by atoms with Gasteiger partial charge in [-0.2, -0.15) is 0 Å². The van der Waals surface area contributed by atoms with Gasteiger partial charge in [-0.05, 0) is 0 Å². The van der Waals surface area contributed by atoms with Gasteiger partial charge in [0.1, 0.15) is 12.8 Å². The molecule has 10 nitrogen and oxygen atoms in total. The molecule has 0 heterocycles. The van der Waals surface area contributed by atoms with E-state index >= 15 is 0 Å². The molecule has 0 aliphatic carbocycles. The fourth-order valence-corrected chi connectivity index (χ4v) is 0.875. The maximum atomic E-state index is 11.1. The van der Waals surface area contributed by atoms with Crippen molar-refractivity contribution in [3.8, 4) is 0 Å². The molecule has 0 saturated heterocycles. The van der Waals surface area contributed by atoms with Gasteiger partial charge in [0, 0.05) is 0 Å². The van der Waals surface area contributed by atoms with Crippen LogP contribution in [0.15, 0.2) is 0 Å². The van der Waals surface area contributed by atoms with E-state index in [4.69, 9.17) is 10.2 Å². The molecule has 108 valence electrons. The van der Waals surface area contributed by atoms with Gasteiger partial charge in [-0.25, -0.2) is 0 Å². The molecule has 0 radical (unpaired) electrons. The number of hydrogen-bond acceptors (Lipinski definition) is 8. The third-order valence-corrected chi connectivity index (χ3v) is 1.63. The largest absolute Gasteiger partial charge is 0.438 e. The van der Waals surface area contributed by atoms with Crippen LogP contribution in [-0.2, 0) is 28.7 Å². The molecule has 0 rings (SSSR count). The zero-order chi connectivity index (χ0) is 14.7. The minimum atomic E-state index is -0.919. The van der Waals surface area contributed by atoms with Gasteiger partial charge < -0.3 is 30.3 Å². The Morgan fingerprint density at radius 1 is 0.789 bits per heavy atom. The van der Waals surface area contributed by atoms with Crippen LogP contribution in [0.2, 0.25) is 0 Å². The molecule has 0 aliphatic rings. The van der Waals surface area contributed by atoms with Gasteiger partial charge in [0.2, 0.25) is 11.8 Å². The Hall–Kier alpha value is -2.20. The van der Waals surface area contributed by atoms with Crippen LogP contribution in [0.1, 0.15) is 12.8 Å². The monoisotopic (exact) mass is 278 g/mol. The number of aliphatic hydroxyl groups excluding tert-OH is 2. The van der Waals surface area contributed by atoms with E-state index < -0.39 is 50.2 Å². The number of aliphatic hydroxyl groups is 2. The lowest BCUT2D eigenvalue weighted by molar-refractivity contribution is -0.154. The minimum absolute atomic E-state index is 0.295. The summed E-state index contributed by atoms with van der Waals surface area (Å²) in [6.45, 7) is -1.94. The smallest absolute Gasteiger partial charge is 0.317 e. The van der Waals surface area contributed by atoms with Crippen LogP contribution in [0.4, 0.5) is 0 Å². The number of esters is 2. The van der Waals surface area contributed by atoms with Crippen molar-refractivity contribution < 1.29 is 38.9 Å². The maximum absolute atomic E-state index is 11.1. The first kappa shape index (κ1) is 16.8. The van der Waals surface area contributed by atoms with Gasteiger partial charge >= 0.3 is 11.9 Å². The molecule has 0 saturated carbocycles. The van der Waals surface area contributed by atoms with Gasteiger partial charge in [-0.1, -0.05) is 0 Å². The van der Waals surface area contributed by atoms with E-state index in [-0.39, 0.29) is 6.67 Å². The van der Waals surface area contributed by atoms with Crippen LogP contribution < -0.4 is 10.6 Å². The van der Waals surface area contributed by atoms with E-state index in [9.17, 15) is 19.2 Å². The lowest BCUT2D eigenvalue weighted by atomic mass is 10.4. The molecule has 0 aromatic rings. The summed E-state index contributed by atoms with van der Waals surface area (Å²) in [5, 5.41) is 20.8. The van der Waals surface area contributed by atoms with Crippen molar-refractivity contribution in [1.82, 2.24) is 10.6 Å². The highest BCUT2D eigenvalue weighted by Gasteiger charge is 2.12. The van der Waals surface area contributed by atoms with Crippen LogP contribution >= 0.6 is 0 Å². The fraction of sp³-hybridized carbons (Fsp3) is 0.556. The van der Waals surface area contributed by atoms with Crippen molar-refractivity contribution in [2.75, 3.05) is 20.3 Å². The molecular weight excluding hydrogens is 264 g/mol. The van der Waals surface area contributed by atoms with Crippen LogP contribution in [0.5, 0.6) is 0 Å². The second kappa shape index (κ2) is 9.79. The van der Waals surface area contributed by atoms with Gasteiger partial charge in [0.15, 0.2) is 13.6 Å². The summed E-state index contributed by atoms with van der Waals surface area (Å²) in [4.78, 5) is 43.6. The third kappa shape index (κ3) is 9.50. The summed E-state index contributed by atoms with van der Waals surface area (Å²) in [5.41, 5.74) is 0. The number of ether oxygens (including phenoxy) is 2. The van der Waals surface area contributed by atoms with E-state index in [2.05, 4.69) is 20.1 Å². The summed E-state index contributed by atoms with van der Waals surface area (Å²) in [5.74, 6) is -3.29. The lowest BCUT2D eigenvalue weighted by Gasteiger charge is -2.06. The van der Waals surface area contributed by atoms with Crippen LogP contribution in [-0.4, -0.2) is 54.2 Å². The molecular formula is C9H14N2O8. The van der Waals surface area contributed by atoms with E-state index in [0.29, 0.717) is 0 Å². The molecule has 0 fully saturated rings. The number of amides is 2. The molecule has 0 aliphatic heterocycles. The van der Waals surface area contributed by atoms with Crippen molar-refractivity contribution in [2.45, 2.75) is 12.8 Å². The van der Waals surface area contributed by atoms with Crippen molar-refractivity contribution >= 4 is 23.8 Å². The summed E-state index contributed by atoms with van der Waals surface area (Å²) in [6, 6.07) is 0. The number of rotatable bonds is 8. The van der Waals surface area contributed by atoms with Crippen molar-refractivity contribution in [3.63, 3.8) is 0 Å². The lowest BCUT2D eigenvalue weighted by Crippen LogP contribution is -2.38. The van der Waals surface area contributed by atoms with E-state index in [1.165, 1.54) is 0 Å². The van der Waals surface area contributed by atoms with Crippen molar-refractivity contribution in [3.05, 3.63) is 0 Å². The molecule has 2 amide bonds. The Labute approximate surface area is 107 Å². The molecule has 0 atom stereocenters. The number of carbonyl (C=O) groups is 4. The fourth-order valence-electron chi connectivity index (χ4n) is 0.875. The Kier molecular flexibility index (Phi) is 8.66. The van der Waals surface area contributed by atoms with Crippen LogP contribution in [0.25, 0.3) is 0 Å². The summed E-state index contributed by atoms with van der Waals surface area (Å²) in [7, 11) is 0. The average molecular weight is 278 g/mol. The summed E-state index contributed by atoms with van der Waals surface area (Å²) >= 11 is 0. The SMILES string of the molecule is O=C(CC(=O)OCO)NCNC(=O)CC(=O)OCO. The average Bonchev–Trinajstić information content (AvgIpc) is 2.28. The summed E-state index contributed by atoms with van der Waals surface area (Å²) in [6.07, 6.45) is -1.22. The highest BCUT2D eigenvalue weighted by Crippen LogP contribution is 1.86. The van der Waals surface area contributed by atoms with Crippen molar-refractivity contribution in [1.29, 1.82) is 0 Å². The first-order valence-corrected chi connectivity index (χ1v) is 5.06. The van der Waals surface area contributed by atoms with Gasteiger partial charge in [0.25, 0.3) is 0 Å². The molecule has 19 heavy (non-hydrogen) atoms. The van der Waals surface area contributed by atoms with E-state index in [0.717, 1.165) is 0 Å². The Balaban J connectivity index is 3.72. The normalized spacial score (nSPS) is 9.37. The highest BCUT2D eigenvalue weighted by molar-refractivity contribution is 5.95. The van der Waals surface area contributed by atoms with Crippen LogP contribution in [0.3, 0.4) is 0 Å². The van der Waals surface area contributed by atoms with Gasteiger partial charge in [-0.15, -0.1) is 0 Å². The number of hydrogen-bond donors (Lipinski definition) is 4. The highest BCUT2D eigenvalue weighted by atomic mass is 16.6. The molecule has 4 N–H and O–H groups in total. The second-order valence-electron chi connectivity index (χ2n) is 3.02. The Morgan fingerprint density at radius 2 is 1.16 bits per heavy atom. The molecule has 0 unspecified atom stereocenters. The Bertz CT molecular complexity index is 311. The summed E-state index contributed by atoms with van der Waals surface area (Å²) < 4.78 is 8.21. The first-order chi connectivity index (χ1) is 8.99. The predicted octanol–water partition coefficient (Wildman–Crippen LogP) is -3.06. The number of carbonyl (C=O) groups excluding carboxylic acids is 4. The standard InChI is InChI=1S/C9H14N2O8/c12-4-18-8(16)1-6(14)10-3-11-7(15)2-9(17)19-5-13/h12-13H,1-5H2,(H,10,14)(H,11,15). The number of nitrogens with one attached hydrogen (secondary N) is 2. The third-order valence-electron chi connectivity index (χ3n) is 1.63. The first-order valence-electron chi connectivity index (χ1n) is 5.06. The second-order valence-corrected chi connectivity index (χ2v) is 3.02. The van der Waals surface area contributed by atoms with Crippen LogP contribution in [0, 0.1) is 0 Å². The van der Waals surface area contributed by atoms with Gasteiger partial charge in [-0.3, -0.25) is 19.2 Å². The van der Waals surface area contributed by atoms with E-state index in [1.807, 2.05) is 0 Å². The molecule has 0 bridgehead atoms. The van der Waals surface area contributed by atoms with Gasteiger partial charge in [0.05, 0.1) is 6.67 Å². The molecule has 10 heteroatoms. The molecule has 0 spiro atoms. The predicted molar refractivity (Wildman–Crippen MR) is 56.7 cm³/mol. The molecule has 0 aromatic carbocycles.